The highest BCUT2D eigenvalue weighted by molar-refractivity contribution is 5.88. The SMILES string of the molecule is CO[C@H]1CN(C(=O)C=CCN(C)C)C[C@H]1CC(=O)N(C)C. The van der Waals surface area contributed by atoms with Gasteiger partial charge in [0.2, 0.25) is 11.8 Å². The summed E-state index contributed by atoms with van der Waals surface area (Å²) in [6.45, 7) is 1.85. The summed E-state index contributed by atoms with van der Waals surface area (Å²) in [4.78, 5) is 29.3. The molecule has 0 spiro atoms. The van der Waals surface area contributed by atoms with E-state index in [1.165, 1.54) is 0 Å². The molecule has 120 valence electrons. The van der Waals surface area contributed by atoms with Crippen LogP contribution in [0.4, 0.5) is 0 Å². The normalized spacial score (nSPS) is 22.3. The average molecular weight is 297 g/mol. The highest BCUT2D eigenvalue weighted by Gasteiger charge is 2.36. The van der Waals surface area contributed by atoms with Crippen LogP contribution in [0.5, 0.6) is 0 Å². The number of rotatable bonds is 6. The summed E-state index contributed by atoms with van der Waals surface area (Å²) in [7, 11) is 9.02. The monoisotopic (exact) mass is 297 g/mol. The van der Waals surface area contributed by atoms with Crippen molar-refractivity contribution in [2.45, 2.75) is 12.5 Å². The fraction of sp³-hybridized carbons (Fsp3) is 0.733. The van der Waals surface area contributed by atoms with Crippen molar-refractivity contribution in [3.05, 3.63) is 12.2 Å². The minimum Gasteiger partial charge on any atom is -0.379 e. The summed E-state index contributed by atoms with van der Waals surface area (Å²) < 4.78 is 5.43. The van der Waals surface area contributed by atoms with E-state index in [-0.39, 0.29) is 23.8 Å². The van der Waals surface area contributed by atoms with Crippen LogP contribution >= 0.6 is 0 Å². The molecule has 6 nitrogen and oxygen atoms in total. The second-order valence-corrected chi connectivity index (χ2v) is 5.93. The molecule has 1 heterocycles. The van der Waals surface area contributed by atoms with Crippen molar-refractivity contribution >= 4 is 11.8 Å². The number of likely N-dealkylation sites (N-methyl/N-ethyl adjacent to an activating group) is 1. The van der Waals surface area contributed by atoms with Crippen LogP contribution in [0.3, 0.4) is 0 Å². The molecule has 0 aromatic rings. The molecule has 2 amide bonds. The lowest BCUT2D eigenvalue weighted by Gasteiger charge is -2.18. The van der Waals surface area contributed by atoms with Gasteiger partial charge in [-0.05, 0) is 14.1 Å². The van der Waals surface area contributed by atoms with Gasteiger partial charge in [-0.15, -0.1) is 0 Å². The predicted molar refractivity (Wildman–Crippen MR) is 81.9 cm³/mol. The third-order valence-electron chi connectivity index (χ3n) is 3.66. The lowest BCUT2D eigenvalue weighted by Crippen LogP contribution is -2.29. The van der Waals surface area contributed by atoms with Gasteiger partial charge >= 0.3 is 0 Å². The Morgan fingerprint density at radius 1 is 1.24 bits per heavy atom. The Morgan fingerprint density at radius 2 is 1.90 bits per heavy atom. The summed E-state index contributed by atoms with van der Waals surface area (Å²) in [6.07, 6.45) is 3.79. The van der Waals surface area contributed by atoms with Crippen molar-refractivity contribution in [3.8, 4) is 0 Å². The van der Waals surface area contributed by atoms with Crippen LogP contribution in [-0.2, 0) is 14.3 Å². The van der Waals surface area contributed by atoms with Gasteiger partial charge in [0, 0.05) is 59.3 Å². The standard InChI is InChI=1S/C15H27N3O3/c1-16(2)8-6-7-14(19)18-10-12(13(11-18)21-5)9-15(20)17(3)4/h6-7,12-13H,8-11H2,1-5H3/t12-,13+/m1/s1. The number of methoxy groups -OCH3 is 1. The van der Waals surface area contributed by atoms with E-state index in [1.807, 2.05) is 25.1 Å². The van der Waals surface area contributed by atoms with E-state index in [0.29, 0.717) is 19.5 Å². The molecule has 2 atom stereocenters. The summed E-state index contributed by atoms with van der Waals surface area (Å²) >= 11 is 0. The molecule has 1 aliphatic rings. The van der Waals surface area contributed by atoms with Gasteiger partial charge in [-0.25, -0.2) is 0 Å². The molecule has 0 unspecified atom stereocenters. The topological polar surface area (TPSA) is 53.1 Å². The van der Waals surface area contributed by atoms with Crippen molar-refractivity contribution in [2.24, 2.45) is 5.92 Å². The Labute approximate surface area is 127 Å². The predicted octanol–water partition coefficient (Wildman–Crippen LogP) is 0.0559. The van der Waals surface area contributed by atoms with E-state index < -0.39 is 0 Å². The van der Waals surface area contributed by atoms with Crippen LogP contribution in [0.15, 0.2) is 12.2 Å². The molecule has 1 saturated heterocycles. The molecule has 0 aromatic carbocycles. The summed E-state index contributed by atoms with van der Waals surface area (Å²) in [5.41, 5.74) is 0. The van der Waals surface area contributed by atoms with Crippen LogP contribution in [0.2, 0.25) is 0 Å². The van der Waals surface area contributed by atoms with Crippen molar-refractivity contribution in [2.75, 3.05) is 54.9 Å². The molecular weight excluding hydrogens is 270 g/mol. The number of likely N-dealkylation sites (tertiary alicyclic amines) is 1. The van der Waals surface area contributed by atoms with Gasteiger partial charge < -0.3 is 19.4 Å². The first-order valence-electron chi connectivity index (χ1n) is 7.18. The van der Waals surface area contributed by atoms with Crippen molar-refractivity contribution < 1.29 is 14.3 Å². The summed E-state index contributed by atoms with van der Waals surface area (Å²) in [5.74, 6) is 0.120. The number of ether oxygens (including phenoxy) is 1. The first kappa shape index (κ1) is 17.7. The molecule has 1 rings (SSSR count). The number of carbonyl (C=O) groups excluding carboxylic acids is 2. The molecule has 6 heteroatoms. The van der Waals surface area contributed by atoms with Crippen LogP contribution < -0.4 is 0 Å². The molecule has 1 aliphatic heterocycles. The van der Waals surface area contributed by atoms with Crippen molar-refractivity contribution in [3.63, 3.8) is 0 Å². The average Bonchev–Trinajstić information content (AvgIpc) is 2.81. The number of carbonyl (C=O) groups is 2. The maximum absolute atomic E-state index is 12.1. The van der Waals surface area contributed by atoms with Gasteiger partial charge in [0.25, 0.3) is 0 Å². The Hall–Kier alpha value is -1.40. The molecule has 0 bridgehead atoms. The number of hydrogen-bond donors (Lipinski definition) is 0. The third-order valence-corrected chi connectivity index (χ3v) is 3.66. The number of amides is 2. The maximum Gasteiger partial charge on any atom is 0.246 e. The highest BCUT2D eigenvalue weighted by atomic mass is 16.5. The van der Waals surface area contributed by atoms with Crippen LogP contribution in [0.25, 0.3) is 0 Å². The van der Waals surface area contributed by atoms with Crippen LogP contribution in [0, 0.1) is 5.92 Å². The van der Waals surface area contributed by atoms with Crippen LogP contribution in [0.1, 0.15) is 6.42 Å². The minimum atomic E-state index is -0.0694. The van der Waals surface area contributed by atoms with Gasteiger partial charge in [-0.2, -0.15) is 0 Å². The summed E-state index contributed by atoms with van der Waals surface area (Å²) in [5, 5.41) is 0. The quantitative estimate of drug-likeness (QED) is 0.650. The Balaban J connectivity index is 2.58. The second-order valence-electron chi connectivity index (χ2n) is 5.93. The van der Waals surface area contributed by atoms with Crippen molar-refractivity contribution in [1.82, 2.24) is 14.7 Å². The minimum absolute atomic E-state index is 0.0151. The molecular formula is C15H27N3O3. The summed E-state index contributed by atoms with van der Waals surface area (Å²) in [6, 6.07) is 0. The van der Waals surface area contributed by atoms with Gasteiger partial charge in [-0.1, -0.05) is 6.08 Å². The van der Waals surface area contributed by atoms with E-state index in [4.69, 9.17) is 4.74 Å². The largest absolute Gasteiger partial charge is 0.379 e. The molecule has 0 radical (unpaired) electrons. The first-order chi connectivity index (χ1) is 9.85. The Kier molecular flexibility index (Phi) is 6.84. The van der Waals surface area contributed by atoms with Gasteiger partial charge in [0.1, 0.15) is 0 Å². The number of hydrogen-bond acceptors (Lipinski definition) is 4. The lowest BCUT2D eigenvalue weighted by atomic mass is 10.0. The van der Waals surface area contributed by atoms with E-state index in [9.17, 15) is 9.59 Å². The fourth-order valence-electron chi connectivity index (χ4n) is 2.36. The molecule has 0 aliphatic carbocycles. The lowest BCUT2D eigenvalue weighted by molar-refractivity contribution is -0.130. The van der Waals surface area contributed by atoms with Crippen LogP contribution in [-0.4, -0.2) is 87.6 Å². The zero-order valence-corrected chi connectivity index (χ0v) is 13.7. The fourth-order valence-corrected chi connectivity index (χ4v) is 2.36. The van der Waals surface area contributed by atoms with Crippen molar-refractivity contribution in [1.29, 1.82) is 0 Å². The zero-order valence-electron chi connectivity index (χ0n) is 13.7. The first-order valence-corrected chi connectivity index (χ1v) is 7.18. The second kappa shape index (κ2) is 8.14. The maximum atomic E-state index is 12.1. The molecule has 21 heavy (non-hydrogen) atoms. The molecule has 0 saturated carbocycles. The Bertz CT molecular complexity index is 394. The van der Waals surface area contributed by atoms with E-state index in [1.54, 1.807) is 37.1 Å². The Morgan fingerprint density at radius 3 is 2.43 bits per heavy atom. The smallest absolute Gasteiger partial charge is 0.246 e. The van der Waals surface area contributed by atoms with Gasteiger partial charge in [0.05, 0.1) is 6.10 Å². The zero-order chi connectivity index (χ0) is 16.0. The number of nitrogens with zero attached hydrogens (tertiary/aromatic N) is 3. The van der Waals surface area contributed by atoms with E-state index in [0.717, 1.165) is 6.54 Å². The highest BCUT2D eigenvalue weighted by Crippen LogP contribution is 2.23. The van der Waals surface area contributed by atoms with E-state index >= 15 is 0 Å². The third kappa shape index (κ3) is 5.47. The van der Waals surface area contributed by atoms with Gasteiger partial charge in [-0.3, -0.25) is 9.59 Å². The molecule has 0 aromatic heterocycles. The van der Waals surface area contributed by atoms with Gasteiger partial charge in [0.15, 0.2) is 0 Å². The van der Waals surface area contributed by atoms with E-state index in [2.05, 4.69) is 0 Å². The molecule has 1 fully saturated rings. The molecule has 0 N–H and O–H groups in total.